The van der Waals surface area contributed by atoms with Crippen LogP contribution in [0, 0.1) is 0 Å². The third-order valence-corrected chi connectivity index (χ3v) is 5.29. The second-order valence-electron chi connectivity index (χ2n) is 4.52. The maximum absolute atomic E-state index is 3.44. The van der Waals surface area contributed by atoms with Gasteiger partial charge in [-0.05, 0) is 43.5 Å². The van der Waals surface area contributed by atoms with Crippen LogP contribution in [0.1, 0.15) is 24.3 Å². The summed E-state index contributed by atoms with van der Waals surface area (Å²) in [4.78, 5) is 0. The van der Waals surface area contributed by atoms with Gasteiger partial charge in [0.05, 0.1) is 5.52 Å². The van der Waals surface area contributed by atoms with Crippen molar-refractivity contribution in [2.45, 2.75) is 18.8 Å². The molecule has 90 valence electrons. The van der Waals surface area contributed by atoms with Gasteiger partial charge in [0.1, 0.15) is 0 Å². The van der Waals surface area contributed by atoms with Crippen LogP contribution >= 0.6 is 30.3 Å². The van der Waals surface area contributed by atoms with Gasteiger partial charge in [0.25, 0.3) is 0 Å². The van der Waals surface area contributed by atoms with Gasteiger partial charge in [-0.15, -0.1) is 0 Å². The number of fused-ring (bicyclic) bond motifs is 1. The van der Waals surface area contributed by atoms with Crippen LogP contribution in [-0.2, 0) is 0 Å². The van der Waals surface area contributed by atoms with E-state index in [0.29, 0.717) is 0 Å². The normalized spacial score (nSPS) is 17.7. The largest absolute Gasteiger partial charge is 0.317 e. The van der Waals surface area contributed by atoms with E-state index in [-0.39, 0.29) is 0 Å². The molecule has 1 aromatic carbocycles. The Balaban J connectivity index is 2.08. The number of nitrogens with one attached hydrogen (secondary N) is 1. The number of aromatic nitrogens is 1. The Hall–Kier alpha value is -0.200. The molecule has 2 aromatic rings. The number of benzene rings is 1. The Kier molecular flexibility index (Phi) is 3.63. The molecule has 1 saturated heterocycles. The van der Waals surface area contributed by atoms with Crippen molar-refractivity contribution < 1.29 is 0 Å². The fraction of sp³-hybridized carbons (Fsp3) is 0.385. The number of halogens is 1. The molecule has 4 heteroatoms. The fourth-order valence-electron chi connectivity index (χ4n) is 2.69. The van der Waals surface area contributed by atoms with E-state index >= 15 is 0 Å². The third-order valence-electron chi connectivity index (χ3n) is 3.56. The monoisotopic (exact) mass is 358 g/mol. The molecule has 0 atom stereocenters. The van der Waals surface area contributed by atoms with Gasteiger partial charge in [-0.25, -0.2) is 0 Å². The summed E-state index contributed by atoms with van der Waals surface area (Å²) in [5.74, 6) is 0.728. The lowest BCUT2D eigenvalue weighted by Crippen LogP contribution is -2.26. The van der Waals surface area contributed by atoms with Crippen LogP contribution in [0.3, 0.4) is 0 Å². The van der Waals surface area contributed by atoms with E-state index in [0.717, 1.165) is 19.0 Å². The molecule has 0 saturated carbocycles. The van der Waals surface area contributed by atoms with Gasteiger partial charge in [0.15, 0.2) is 0 Å². The topological polar surface area (TPSA) is 17.0 Å². The molecule has 0 bridgehead atoms. The number of piperidine rings is 1. The molecule has 2 nitrogen and oxygen atoms in total. The molecule has 1 N–H and O–H groups in total. The minimum atomic E-state index is 0.728. The number of nitrogens with zero attached hydrogens (tertiary/aromatic N) is 1. The molecule has 0 amide bonds. The molecule has 0 spiro atoms. The summed E-state index contributed by atoms with van der Waals surface area (Å²) in [6.07, 6.45) is 4.86. The van der Waals surface area contributed by atoms with Gasteiger partial charge in [-0.1, -0.05) is 18.2 Å². The van der Waals surface area contributed by atoms with Crippen molar-refractivity contribution in [1.82, 2.24) is 9.29 Å². The molecule has 17 heavy (non-hydrogen) atoms. The van der Waals surface area contributed by atoms with E-state index in [2.05, 4.69) is 61.0 Å². The highest BCUT2D eigenvalue weighted by Crippen LogP contribution is 2.35. The standard InChI is InChI=1S/C13H15IN2S/c14-17-16-9-12(10-5-7-15-8-6-10)11-3-1-2-4-13(11)16/h1-4,9-10,15H,5-8H2. The summed E-state index contributed by atoms with van der Waals surface area (Å²) in [6, 6.07) is 8.74. The van der Waals surface area contributed by atoms with Gasteiger partial charge in [-0.3, -0.25) is 3.97 Å². The van der Waals surface area contributed by atoms with Crippen molar-refractivity contribution in [1.29, 1.82) is 0 Å². The summed E-state index contributed by atoms with van der Waals surface area (Å²) < 4.78 is 2.28. The second-order valence-corrected chi connectivity index (χ2v) is 6.23. The highest BCUT2D eigenvalue weighted by Gasteiger charge is 2.19. The van der Waals surface area contributed by atoms with E-state index < -0.39 is 0 Å². The van der Waals surface area contributed by atoms with Crippen molar-refractivity contribution in [3.8, 4) is 0 Å². The smallest absolute Gasteiger partial charge is 0.0601 e. The highest BCUT2D eigenvalue weighted by atomic mass is 127. The van der Waals surface area contributed by atoms with E-state index in [1.54, 1.807) is 9.12 Å². The van der Waals surface area contributed by atoms with E-state index in [9.17, 15) is 0 Å². The second kappa shape index (κ2) is 5.20. The zero-order valence-corrected chi connectivity index (χ0v) is 12.5. The average molecular weight is 358 g/mol. The summed E-state index contributed by atoms with van der Waals surface area (Å²) in [5, 5.41) is 4.87. The summed E-state index contributed by atoms with van der Waals surface area (Å²) in [6.45, 7) is 2.31. The number of hydrogen-bond donors (Lipinski definition) is 1. The minimum Gasteiger partial charge on any atom is -0.317 e. The average Bonchev–Trinajstić information content (AvgIpc) is 2.78. The SMILES string of the molecule is ISn1cc(C2CCNCC2)c2ccccc21. The molecule has 3 rings (SSSR count). The molecule has 1 fully saturated rings. The number of hydrogen-bond acceptors (Lipinski definition) is 2. The van der Waals surface area contributed by atoms with Crippen LogP contribution in [0.4, 0.5) is 0 Å². The fourth-order valence-corrected chi connectivity index (χ4v) is 4.06. The van der Waals surface area contributed by atoms with E-state index in [1.165, 1.54) is 29.3 Å². The first-order valence-electron chi connectivity index (χ1n) is 6.00. The molecule has 0 radical (unpaired) electrons. The first-order chi connectivity index (χ1) is 8.40. The zero-order chi connectivity index (χ0) is 11.7. The van der Waals surface area contributed by atoms with Crippen molar-refractivity contribution in [2.24, 2.45) is 0 Å². The van der Waals surface area contributed by atoms with Crippen molar-refractivity contribution in [2.75, 3.05) is 13.1 Å². The Bertz CT molecular complexity index is 517. The highest BCUT2D eigenvalue weighted by molar-refractivity contribution is 14.2. The third kappa shape index (κ3) is 2.22. The van der Waals surface area contributed by atoms with Gasteiger partial charge < -0.3 is 5.32 Å². The maximum Gasteiger partial charge on any atom is 0.0601 e. The van der Waals surface area contributed by atoms with Crippen LogP contribution in [0.25, 0.3) is 10.9 Å². The van der Waals surface area contributed by atoms with Crippen molar-refractivity contribution in [3.63, 3.8) is 0 Å². The molecular formula is C13H15IN2S. The first kappa shape index (κ1) is 11.9. The molecule has 1 aliphatic heterocycles. The Morgan fingerprint density at radius 1 is 1.24 bits per heavy atom. The van der Waals surface area contributed by atoms with Crippen LogP contribution in [0.2, 0.25) is 0 Å². The zero-order valence-electron chi connectivity index (χ0n) is 9.53. The molecule has 0 aliphatic carbocycles. The quantitative estimate of drug-likeness (QED) is 0.819. The molecule has 1 aliphatic rings. The molecule has 2 heterocycles. The maximum atomic E-state index is 3.44. The number of para-hydroxylation sites is 1. The lowest BCUT2D eigenvalue weighted by Gasteiger charge is -2.22. The van der Waals surface area contributed by atoms with E-state index in [1.807, 2.05) is 0 Å². The van der Waals surface area contributed by atoms with Crippen LogP contribution in [-0.4, -0.2) is 17.1 Å². The van der Waals surface area contributed by atoms with Crippen molar-refractivity contribution >= 4 is 41.2 Å². The predicted octanol–water partition coefficient (Wildman–Crippen LogP) is 3.95. The lowest BCUT2D eigenvalue weighted by molar-refractivity contribution is 0.462. The van der Waals surface area contributed by atoms with Gasteiger partial charge in [-0.2, -0.15) is 0 Å². The Labute approximate surface area is 118 Å². The molecule has 1 aromatic heterocycles. The van der Waals surface area contributed by atoms with Gasteiger partial charge in [0.2, 0.25) is 0 Å². The van der Waals surface area contributed by atoms with Crippen LogP contribution in [0.15, 0.2) is 30.5 Å². The molecular weight excluding hydrogens is 343 g/mol. The van der Waals surface area contributed by atoms with Gasteiger partial charge >= 0.3 is 0 Å². The van der Waals surface area contributed by atoms with Gasteiger partial charge in [0, 0.05) is 41.9 Å². The van der Waals surface area contributed by atoms with Crippen LogP contribution < -0.4 is 5.32 Å². The summed E-state index contributed by atoms with van der Waals surface area (Å²) in [7, 11) is 1.75. The van der Waals surface area contributed by atoms with Crippen LogP contribution in [0.5, 0.6) is 0 Å². The van der Waals surface area contributed by atoms with Crippen molar-refractivity contribution in [3.05, 3.63) is 36.0 Å². The first-order valence-corrected chi connectivity index (χ1v) is 9.31. The van der Waals surface area contributed by atoms with E-state index in [4.69, 9.17) is 0 Å². The predicted molar refractivity (Wildman–Crippen MR) is 83.8 cm³/mol. The number of rotatable bonds is 2. The summed E-state index contributed by atoms with van der Waals surface area (Å²) >= 11 is 2.35. The lowest BCUT2D eigenvalue weighted by atomic mass is 9.90. The summed E-state index contributed by atoms with van der Waals surface area (Å²) in [5.41, 5.74) is 2.88. The Morgan fingerprint density at radius 2 is 2.00 bits per heavy atom. The Morgan fingerprint density at radius 3 is 2.76 bits per heavy atom. The minimum absolute atomic E-state index is 0.728. The molecule has 0 unspecified atom stereocenters.